The fraction of sp³-hybridized carbons (Fsp3) is 0.200. The molecule has 0 atom stereocenters. The van der Waals surface area contributed by atoms with Gasteiger partial charge in [-0.3, -0.25) is 9.89 Å². The first-order valence-corrected chi connectivity index (χ1v) is 4.97. The van der Waals surface area contributed by atoms with Crippen LogP contribution < -0.4 is 10.2 Å². The number of anilines is 2. The molecule has 0 spiro atoms. The van der Waals surface area contributed by atoms with Crippen LogP contribution in [0.3, 0.4) is 0 Å². The molecular weight excluding hydrogens is 220 g/mol. The number of pyridine rings is 1. The summed E-state index contributed by atoms with van der Waals surface area (Å²) < 4.78 is 0. The summed E-state index contributed by atoms with van der Waals surface area (Å²) in [5.41, 5.74) is 0.624. The lowest BCUT2D eigenvalue weighted by atomic mass is 10.3. The van der Waals surface area contributed by atoms with E-state index in [4.69, 9.17) is 0 Å². The Labute approximate surface area is 97.9 Å². The largest absolute Gasteiger partial charge is 0.361 e. The molecule has 0 saturated heterocycles. The molecule has 0 aliphatic rings. The summed E-state index contributed by atoms with van der Waals surface area (Å²) in [5.74, 6) is 0.498. The molecule has 2 N–H and O–H groups in total. The molecule has 17 heavy (non-hydrogen) atoms. The Balaban J connectivity index is 2.22. The van der Waals surface area contributed by atoms with Crippen LogP contribution in [0.1, 0.15) is 10.6 Å². The Kier molecular flexibility index (Phi) is 2.99. The molecule has 0 saturated carbocycles. The van der Waals surface area contributed by atoms with Gasteiger partial charge in [0.2, 0.25) is 5.82 Å². The van der Waals surface area contributed by atoms with Gasteiger partial charge in [0.25, 0.3) is 5.91 Å². The molecular formula is C10H12N6O. The van der Waals surface area contributed by atoms with E-state index in [1.165, 1.54) is 6.33 Å². The maximum absolute atomic E-state index is 11.8. The Morgan fingerprint density at radius 2 is 2.24 bits per heavy atom. The number of nitrogens with zero attached hydrogens (tertiary/aromatic N) is 4. The minimum atomic E-state index is -0.349. The molecule has 0 radical (unpaired) electrons. The van der Waals surface area contributed by atoms with Gasteiger partial charge in [-0.1, -0.05) is 0 Å². The molecule has 2 heterocycles. The first kappa shape index (κ1) is 11.1. The number of carbonyl (C=O) groups is 1. The lowest BCUT2D eigenvalue weighted by Crippen LogP contribution is -2.18. The zero-order valence-electron chi connectivity index (χ0n) is 9.51. The number of hydrogen-bond donors (Lipinski definition) is 2. The average molecular weight is 232 g/mol. The van der Waals surface area contributed by atoms with Gasteiger partial charge in [-0.05, 0) is 12.1 Å². The lowest BCUT2D eigenvalue weighted by Gasteiger charge is -2.15. The van der Waals surface area contributed by atoms with E-state index >= 15 is 0 Å². The van der Waals surface area contributed by atoms with Crippen molar-refractivity contribution >= 4 is 17.4 Å². The van der Waals surface area contributed by atoms with Gasteiger partial charge in [-0.25, -0.2) is 9.97 Å². The second-order valence-electron chi connectivity index (χ2n) is 3.56. The smallest absolute Gasteiger partial charge is 0.293 e. The molecule has 1 amide bonds. The van der Waals surface area contributed by atoms with Crippen molar-refractivity contribution in [2.75, 3.05) is 24.3 Å². The number of aromatic amines is 1. The van der Waals surface area contributed by atoms with Crippen LogP contribution in [-0.2, 0) is 0 Å². The van der Waals surface area contributed by atoms with Crippen LogP contribution in [0.25, 0.3) is 0 Å². The molecule has 0 aliphatic heterocycles. The van der Waals surface area contributed by atoms with Gasteiger partial charge in [-0.15, -0.1) is 0 Å². The van der Waals surface area contributed by atoms with Crippen LogP contribution in [-0.4, -0.2) is 40.2 Å². The highest BCUT2D eigenvalue weighted by atomic mass is 16.2. The van der Waals surface area contributed by atoms with E-state index in [9.17, 15) is 4.79 Å². The van der Waals surface area contributed by atoms with Gasteiger partial charge in [-0.2, -0.15) is 5.10 Å². The van der Waals surface area contributed by atoms with Crippen molar-refractivity contribution in [3.8, 4) is 0 Å². The lowest BCUT2D eigenvalue weighted by molar-refractivity contribution is 0.101. The van der Waals surface area contributed by atoms with Gasteiger partial charge in [0.15, 0.2) is 5.82 Å². The molecule has 0 unspecified atom stereocenters. The topological polar surface area (TPSA) is 86.8 Å². The van der Waals surface area contributed by atoms with Gasteiger partial charge in [0, 0.05) is 20.3 Å². The molecule has 2 aromatic heterocycles. The molecule has 88 valence electrons. The van der Waals surface area contributed by atoms with Crippen molar-refractivity contribution < 1.29 is 4.79 Å². The molecule has 0 fully saturated rings. The van der Waals surface area contributed by atoms with E-state index in [-0.39, 0.29) is 11.7 Å². The van der Waals surface area contributed by atoms with E-state index in [1.54, 1.807) is 18.3 Å². The Hall–Kier alpha value is -2.44. The normalized spacial score (nSPS) is 10.0. The van der Waals surface area contributed by atoms with Gasteiger partial charge in [0.05, 0.1) is 5.69 Å². The minimum absolute atomic E-state index is 0.165. The van der Waals surface area contributed by atoms with Crippen molar-refractivity contribution in [2.45, 2.75) is 0 Å². The van der Waals surface area contributed by atoms with E-state index in [2.05, 4.69) is 25.5 Å². The van der Waals surface area contributed by atoms with E-state index in [0.29, 0.717) is 11.5 Å². The fourth-order valence-electron chi connectivity index (χ4n) is 1.35. The van der Waals surface area contributed by atoms with Crippen molar-refractivity contribution in [1.29, 1.82) is 0 Å². The number of carbonyl (C=O) groups excluding carboxylic acids is 1. The van der Waals surface area contributed by atoms with Crippen molar-refractivity contribution in [1.82, 2.24) is 20.2 Å². The molecule has 2 rings (SSSR count). The number of nitrogens with one attached hydrogen (secondary N) is 2. The number of hydrogen-bond acceptors (Lipinski definition) is 5. The van der Waals surface area contributed by atoms with Crippen molar-refractivity contribution in [2.24, 2.45) is 0 Å². The average Bonchev–Trinajstić information content (AvgIpc) is 2.83. The minimum Gasteiger partial charge on any atom is -0.361 e. The van der Waals surface area contributed by atoms with Crippen LogP contribution in [0.4, 0.5) is 11.5 Å². The fourth-order valence-corrected chi connectivity index (χ4v) is 1.35. The number of rotatable bonds is 3. The first-order valence-electron chi connectivity index (χ1n) is 4.97. The van der Waals surface area contributed by atoms with Crippen LogP contribution >= 0.6 is 0 Å². The highest BCUT2D eigenvalue weighted by Crippen LogP contribution is 2.20. The number of amides is 1. The first-order chi connectivity index (χ1) is 8.18. The summed E-state index contributed by atoms with van der Waals surface area (Å²) in [5, 5.41) is 8.84. The summed E-state index contributed by atoms with van der Waals surface area (Å²) in [6, 6.07) is 3.53. The SMILES string of the molecule is CN(C)c1ncccc1NC(=O)c1ncn[nH]1. The van der Waals surface area contributed by atoms with Gasteiger partial charge in [0.1, 0.15) is 6.33 Å². The predicted octanol–water partition coefficient (Wildman–Crippen LogP) is 0.518. The summed E-state index contributed by atoms with van der Waals surface area (Å²) in [7, 11) is 3.71. The zero-order valence-corrected chi connectivity index (χ0v) is 9.51. The molecule has 0 aliphatic carbocycles. The molecule has 0 bridgehead atoms. The van der Waals surface area contributed by atoms with E-state index < -0.39 is 0 Å². The second-order valence-corrected chi connectivity index (χ2v) is 3.56. The standard InChI is InChI=1S/C10H12N6O/c1-16(2)9-7(4-3-5-11-9)14-10(17)8-12-6-13-15-8/h3-6H,1-2H3,(H,14,17)(H,12,13,15). The van der Waals surface area contributed by atoms with Crippen LogP contribution in [0, 0.1) is 0 Å². The van der Waals surface area contributed by atoms with Crippen LogP contribution in [0.15, 0.2) is 24.7 Å². The molecule has 7 heteroatoms. The Morgan fingerprint density at radius 3 is 2.88 bits per heavy atom. The molecule has 7 nitrogen and oxygen atoms in total. The van der Waals surface area contributed by atoms with Crippen molar-refractivity contribution in [3.05, 3.63) is 30.5 Å². The number of aromatic nitrogens is 4. The Morgan fingerprint density at radius 1 is 1.41 bits per heavy atom. The number of H-pyrrole nitrogens is 1. The summed E-state index contributed by atoms with van der Waals surface area (Å²) in [4.78, 5) is 21.5. The van der Waals surface area contributed by atoms with E-state index in [1.807, 2.05) is 19.0 Å². The Bertz CT molecular complexity index is 507. The highest BCUT2D eigenvalue weighted by Gasteiger charge is 2.12. The third-order valence-electron chi connectivity index (χ3n) is 2.09. The summed E-state index contributed by atoms with van der Waals surface area (Å²) in [6.45, 7) is 0. The van der Waals surface area contributed by atoms with Crippen LogP contribution in [0.2, 0.25) is 0 Å². The highest BCUT2D eigenvalue weighted by molar-refractivity contribution is 6.02. The second kappa shape index (κ2) is 4.60. The third-order valence-corrected chi connectivity index (χ3v) is 2.09. The van der Waals surface area contributed by atoms with Gasteiger partial charge < -0.3 is 10.2 Å². The summed E-state index contributed by atoms with van der Waals surface area (Å²) in [6.07, 6.45) is 2.95. The molecule has 0 aromatic carbocycles. The van der Waals surface area contributed by atoms with Crippen LogP contribution in [0.5, 0.6) is 0 Å². The van der Waals surface area contributed by atoms with E-state index in [0.717, 1.165) is 0 Å². The molecule has 2 aromatic rings. The van der Waals surface area contributed by atoms with Gasteiger partial charge >= 0.3 is 0 Å². The summed E-state index contributed by atoms with van der Waals surface area (Å²) >= 11 is 0. The quantitative estimate of drug-likeness (QED) is 0.805. The van der Waals surface area contributed by atoms with Crippen molar-refractivity contribution in [3.63, 3.8) is 0 Å². The zero-order chi connectivity index (χ0) is 12.3. The monoisotopic (exact) mass is 232 g/mol. The third kappa shape index (κ3) is 2.39. The maximum Gasteiger partial charge on any atom is 0.293 e. The predicted molar refractivity (Wildman–Crippen MR) is 62.9 cm³/mol. The maximum atomic E-state index is 11.8.